The van der Waals surface area contributed by atoms with Crippen LogP contribution in [-0.4, -0.2) is 44.6 Å². The zero-order chi connectivity index (χ0) is 27.9. The van der Waals surface area contributed by atoms with Crippen molar-refractivity contribution >= 4 is 16.1 Å². The van der Waals surface area contributed by atoms with Gasteiger partial charge >= 0.3 is 0 Å². The predicted octanol–water partition coefficient (Wildman–Crippen LogP) is 7.73. The van der Waals surface area contributed by atoms with Gasteiger partial charge in [0.05, 0.1) is 26.9 Å². The Morgan fingerprint density at radius 3 is 1.79 bits per heavy atom. The van der Waals surface area contributed by atoms with Crippen molar-refractivity contribution in [1.29, 1.82) is 0 Å². The Morgan fingerprint density at radius 1 is 0.816 bits per heavy atom. The number of carbonyl (C=O) groups excluding carboxylic acids is 1. The molecule has 6 nitrogen and oxygen atoms in total. The smallest absolute Gasteiger partial charge is 0.208 e. The number of Topliss-reactive ketones (excluding diaryl/α,β-unsaturated/α-hetero) is 1. The number of benzene rings is 3. The maximum absolute atomic E-state index is 13.6. The van der Waals surface area contributed by atoms with Crippen molar-refractivity contribution in [2.45, 2.75) is 61.7 Å². The van der Waals surface area contributed by atoms with Gasteiger partial charge < -0.3 is 23.1 Å². The lowest BCUT2D eigenvalue weighted by Crippen LogP contribution is -2.33. The lowest BCUT2D eigenvalue weighted by Gasteiger charge is -2.51. The second-order valence-corrected chi connectivity index (χ2v) is 12.9. The summed E-state index contributed by atoms with van der Waals surface area (Å²) in [4.78, 5) is 15.8. The minimum atomic E-state index is -2.05. The van der Waals surface area contributed by atoms with Crippen LogP contribution in [0.15, 0.2) is 76.5 Å². The number of rotatable bonds is 7. The third-order valence-electron chi connectivity index (χ3n) is 6.20. The largest absolute Gasteiger partial charge is 0.493 e. The summed E-state index contributed by atoms with van der Waals surface area (Å²) in [6, 6.07) is 22.2. The van der Waals surface area contributed by atoms with Crippen LogP contribution in [0, 0.1) is 0 Å². The van der Waals surface area contributed by atoms with Crippen LogP contribution in [0.25, 0.3) is 0 Å². The Hall–Kier alpha value is -3.16. The Bertz CT molecular complexity index is 1170. The van der Waals surface area contributed by atoms with E-state index in [2.05, 4.69) is 45.0 Å². The summed E-state index contributed by atoms with van der Waals surface area (Å²) >= 11 is 0. The molecule has 0 radical (unpaired) electrons. The van der Waals surface area contributed by atoms with E-state index in [9.17, 15) is 4.79 Å². The average molecular weight is 541 g/mol. The zero-order valence-electron chi connectivity index (χ0n) is 23.7. The molecule has 3 aromatic carbocycles. The fraction of sp³-hybridized carbons (Fsp3) is 0.387. The first kappa shape index (κ1) is 29.4. The van der Waals surface area contributed by atoms with Crippen molar-refractivity contribution in [2.75, 3.05) is 27.9 Å². The van der Waals surface area contributed by atoms with Gasteiger partial charge in [-0.15, -0.1) is 0 Å². The van der Waals surface area contributed by atoms with Crippen molar-refractivity contribution in [3.8, 4) is 23.0 Å². The molecule has 1 unspecified atom stereocenters. The molecular formula is C31H40O6S. The maximum Gasteiger partial charge on any atom is 0.208 e. The summed E-state index contributed by atoms with van der Waals surface area (Å²) < 4.78 is 29.6. The molecule has 7 heteroatoms. The summed E-state index contributed by atoms with van der Waals surface area (Å²) in [5, 5.41) is 0. The van der Waals surface area contributed by atoms with Gasteiger partial charge in [0.25, 0.3) is 0 Å². The van der Waals surface area contributed by atoms with Crippen molar-refractivity contribution < 1.29 is 27.9 Å². The number of methoxy groups -OCH3 is 3. The van der Waals surface area contributed by atoms with Crippen molar-refractivity contribution in [3.63, 3.8) is 0 Å². The Labute approximate surface area is 228 Å². The minimum absolute atomic E-state index is 0.102. The average Bonchev–Trinajstić information content (AvgIpc) is 3.09. The van der Waals surface area contributed by atoms with Crippen molar-refractivity contribution in [2.24, 2.45) is 0 Å². The van der Waals surface area contributed by atoms with Gasteiger partial charge in [-0.1, -0.05) is 60.6 Å². The van der Waals surface area contributed by atoms with Crippen LogP contribution in [0.3, 0.4) is 0 Å². The van der Waals surface area contributed by atoms with Gasteiger partial charge in [0, 0.05) is 21.0 Å². The van der Waals surface area contributed by atoms with Crippen LogP contribution in [-0.2, 0) is 4.18 Å². The van der Waals surface area contributed by atoms with Crippen molar-refractivity contribution in [1.82, 2.24) is 0 Å². The lowest BCUT2D eigenvalue weighted by atomic mass is 10.0. The SMILES string of the molecule is CC.COc1cc2c(c(OC)c1OC)OCC(OS(c1ccccc1)(c1ccccc1)C(C)(C)C)CC2=O. The molecule has 0 saturated heterocycles. The van der Waals surface area contributed by atoms with Crippen LogP contribution in [0.2, 0.25) is 0 Å². The predicted molar refractivity (Wildman–Crippen MR) is 154 cm³/mol. The Balaban J connectivity index is 0.00000195. The number of carbonyl (C=O) groups is 1. The first-order valence-electron chi connectivity index (χ1n) is 12.9. The molecule has 4 rings (SSSR count). The van der Waals surface area contributed by atoms with Gasteiger partial charge in [0.1, 0.15) is 12.7 Å². The molecule has 206 valence electrons. The zero-order valence-corrected chi connectivity index (χ0v) is 24.5. The number of fused-ring (bicyclic) bond motifs is 1. The highest BCUT2D eigenvalue weighted by Crippen LogP contribution is 2.72. The molecule has 1 aliphatic heterocycles. The Kier molecular flexibility index (Phi) is 9.74. The molecule has 0 saturated carbocycles. The van der Waals surface area contributed by atoms with Gasteiger partial charge in [0.2, 0.25) is 11.5 Å². The first-order valence-corrected chi connectivity index (χ1v) is 14.4. The van der Waals surface area contributed by atoms with Gasteiger partial charge in [-0.25, -0.2) is 0 Å². The molecule has 1 aliphatic rings. The van der Waals surface area contributed by atoms with Crippen LogP contribution in [0.1, 0.15) is 51.4 Å². The summed E-state index contributed by atoms with van der Waals surface area (Å²) in [7, 11) is 2.52. The minimum Gasteiger partial charge on any atom is -0.493 e. The van der Waals surface area contributed by atoms with Crippen LogP contribution >= 0.6 is 10.3 Å². The van der Waals surface area contributed by atoms with E-state index in [1.165, 1.54) is 21.3 Å². The van der Waals surface area contributed by atoms with E-state index >= 15 is 0 Å². The molecule has 0 spiro atoms. The molecular weight excluding hydrogens is 500 g/mol. The lowest BCUT2D eigenvalue weighted by molar-refractivity contribution is 0.0892. The molecule has 3 aromatic rings. The van der Waals surface area contributed by atoms with Crippen LogP contribution in [0.5, 0.6) is 23.0 Å². The standard InChI is InChI=1S/C29H34O6S.C2H6/c1-29(2,3)36(21-13-9-7-10-14-21,22-15-11-8-12-16-22)35-20-17-24(30)23-18-25(31-4)27(32-5)28(33-6)26(23)34-19-20;1-2/h7-16,18,20H,17,19H2,1-6H3;1-2H3. The van der Waals surface area contributed by atoms with Crippen molar-refractivity contribution in [3.05, 3.63) is 72.3 Å². The highest BCUT2D eigenvalue weighted by molar-refractivity contribution is 8.31. The molecule has 1 heterocycles. The van der Waals surface area contributed by atoms with E-state index in [4.69, 9.17) is 23.1 Å². The number of ketones is 1. The first-order chi connectivity index (χ1) is 18.3. The van der Waals surface area contributed by atoms with E-state index in [-0.39, 0.29) is 23.6 Å². The molecule has 0 aliphatic carbocycles. The third kappa shape index (κ3) is 5.49. The molecule has 0 aromatic heterocycles. The van der Waals surface area contributed by atoms with Gasteiger partial charge in [-0.05, 0) is 51.1 Å². The second-order valence-electron chi connectivity index (χ2n) is 9.47. The van der Waals surface area contributed by atoms with Gasteiger partial charge in [0.15, 0.2) is 17.3 Å². The maximum atomic E-state index is 13.6. The summed E-state index contributed by atoms with van der Waals surface area (Å²) in [5.41, 5.74) is 0.395. The van der Waals surface area contributed by atoms with E-state index in [0.717, 1.165) is 9.79 Å². The van der Waals surface area contributed by atoms with Crippen LogP contribution < -0.4 is 18.9 Å². The monoisotopic (exact) mass is 540 g/mol. The van der Waals surface area contributed by atoms with E-state index in [0.29, 0.717) is 28.6 Å². The highest BCUT2D eigenvalue weighted by Gasteiger charge is 2.44. The number of hydrogen-bond donors (Lipinski definition) is 0. The summed E-state index contributed by atoms with van der Waals surface area (Å²) in [6.45, 7) is 10.8. The van der Waals surface area contributed by atoms with E-state index in [1.54, 1.807) is 6.07 Å². The van der Waals surface area contributed by atoms with Gasteiger partial charge in [-0.2, -0.15) is 0 Å². The highest BCUT2D eigenvalue weighted by atomic mass is 32.3. The third-order valence-corrected chi connectivity index (χ3v) is 10.4. The number of hydrogen-bond acceptors (Lipinski definition) is 6. The molecule has 0 bridgehead atoms. The fourth-order valence-corrected chi connectivity index (χ4v) is 8.43. The van der Waals surface area contributed by atoms with Gasteiger partial charge in [-0.3, -0.25) is 4.79 Å². The normalized spacial score (nSPS) is 15.7. The fourth-order valence-electron chi connectivity index (χ4n) is 4.62. The quantitative estimate of drug-likeness (QED) is 0.306. The molecule has 0 fully saturated rings. The second kappa shape index (κ2) is 12.6. The molecule has 1 atom stereocenters. The number of ether oxygens (including phenoxy) is 4. The Morgan fingerprint density at radius 2 is 1.34 bits per heavy atom. The van der Waals surface area contributed by atoms with Crippen LogP contribution in [0.4, 0.5) is 0 Å². The van der Waals surface area contributed by atoms with E-state index < -0.39 is 16.4 Å². The summed E-state index contributed by atoms with van der Waals surface area (Å²) in [6.07, 6.45) is -0.322. The van der Waals surface area contributed by atoms with E-state index in [1.807, 2.05) is 50.2 Å². The summed E-state index contributed by atoms with van der Waals surface area (Å²) in [5.74, 6) is 1.38. The molecule has 0 N–H and O–H groups in total. The molecule has 0 amide bonds. The topological polar surface area (TPSA) is 63.2 Å². The molecule has 38 heavy (non-hydrogen) atoms.